The molecule has 0 aliphatic rings. The Balaban J connectivity index is 2.25. The number of imidazole rings is 1. The maximum absolute atomic E-state index is 10.4. The molecule has 0 spiro atoms. The number of benzene rings is 1. The molecule has 19 heavy (non-hydrogen) atoms. The number of aliphatic hydroxyl groups excluding tert-OH is 1. The van der Waals surface area contributed by atoms with Crippen molar-refractivity contribution in [3.05, 3.63) is 29.6 Å². The first-order chi connectivity index (χ1) is 9.04. The number of fused-ring (bicyclic) bond motifs is 1. The quantitative estimate of drug-likeness (QED) is 0.868. The summed E-state index contributed by atoms with van der Waals surface area (Å²) >= 11 is 0. The predicted octanol–water partition coefficient (Wildman–Crippen LogP) is 2.30. The number of aryl methyl sites for hydroxylation is 2. The van der Waals surface area contributed by atoms with Gasteiger partial charge in [0.25, 0.3) is 0 Å². The molecule has 2 atom stereocenters. The summed E-state index contributed by atoms with van der Waals surface area (Å²) in [5, 5.41) is 13.7. The van der Waals surface area contributed by atoms with Crippen molar-refractivity contribution in [2.75, 3.05) is 6.54 Å². The lowest BCUT2D eigenvalue weighted by molar-refractivity contribution is 0.136. The number of rotatable bonds is 5. The number of hydrogen-bond donors (Lipinski definition) is 2. The zero-order valence-corrected chi connectivity index (χ0v) is 12.1. The molecule has 0 aliphatic carbocycles. The normalized spacial score (nSPS) is 14.8. The van der Waals surface area contributed by atoms with Gasteiger partial charge in [0.05, 0.1) is 17.1 Å². The molecule has 0 amide bonds. The first-order valence-corrected chi connectivity index (χ1v) is 6.89. The summed E-state index contributed by atoms with van der Waals surface area (Å²) in [6.07, 6.45) is 0.563. The van der Waals surface area contributed by atoms with Gasteiger partial charge in [0.15, 0.2) is 0 Å². The molecule has 0 aliphatic heterocycles. The lowest BCUT2D eigenvalue weighted by atomic mass is 10.0. The minimum atomic E-state index is -0.502. The van der Waals surface area contributed by atoms with Gasteiger partial charge in [-0.05, 0) is 44.5 Å². The van der Waals surface area contributed by atoms with E-state index in [0.717, 1.165) is 35.4 Å². The summed E-state index contributed by atoms with van der Waals surface area (Å²) in [6.45, 7) is 7.04. The van der Waals surface area contributed by atoms with Crippen molar-refractivity contribution in [1.82, 2.24) is 14.9 Å². The summed E-state index contributed by atoms with van der Waals surface area (Å²) < 4.78 is 2.06. The molecule has 1 aromatic heterocycles. The van der Waals surface area contributed by atoms with E-state index in [1.165, 1.54) is 0 Å². The molecule has 4 heteroatoms. The van der Waals surface area contributed by atoms with Gasteiger partial charge in [-0.3, -0.25) is 0 Å². The van der Waals surface area contributed by atoms with E-state index < -0.39 is 6.10 Å². The van der Waals surface area contributed by atoms with Crippen LogP contribution in [0.4, 0.5) is 0 Å². The third kappa shape index (κ3) is 2.80. The van der Waals surface area contributed by atoms with Crippen LogP contribution in [0.3, 0.4) is 0 Å². The summed E-state index contributed by atoms with van der Waals surface area (Å²) in [4.78, 5) is 4.51. The Morgan fingerprint density at radius 2 is 2.16 bits per heavy atom. The van der Waals surface area contributed by atoms with E-state index in [2.05, 4.69) is 21.8 Å². The fourth-order valence-corrected chi connectivity index (χ4v) is 2.29. The highest BCUT2D eigenvalue weighted by molar-refractivity contribution is 5.76. The average molecular weight is 261 g/mol. The highest BCUT2D eigenvalue weighted by atomic mass is 16.3. The second-order valence-corrected chi connectivity index (χ2v) is 5.15. The lowest BCUT2D eigenvalue weighted by Crippen LogP contribution is -2.32. The number of nitrogens with zero attached hydrogens (tertiary/aromatic N) is 2. The highest BCUT2D eigenvalue weighted by Crippen LogP contribution is 2.22. The Morgan fingerprint density at radius 1 is 1.42 bits per heavy atom. The van der Waals surface area contributed by atoms with Crippen LogP contribution in [-0.2, 0) is 7.05 Å². The van der Waals surface area contributed by atoms with Crippen LogP contribution in [0.15, 0.2) is 18.2 Å². The lowest BCUT2D eigenvalue weighted by Gasteiger charge is -2.20. The SMILES string of the molecule is CCCNC(C)C(O)c1ccc2c(c1)nc(C)n2C. The molecule has 2 aromatic rings. The van der Waals surface area contributed by atoms with Crippen LogP contribution in [0.5, 0.6) is 0 Å². The van der Waals surface area contributed by atoms with Crippen molar-refractivity contribution in [2.24, 2.45) is 7.05 Å². The van der Waals surface area contributed by atoms with Gasteiger partial charge in [0.2, 0.25) is 0 Å². The largest absolute Gasteiger partial charge is 0.387 e. The molecule has 2 N–H and O–H groups in total. The molecular formula is C15H23N3O. The van der Waals surface area contributed by atoms with Crippen LogP contribution in [-0.4, -0.2) is 27.2 Å². The molecule has 0 saturated heterocycles. The van der Waals surface area contributed by atoms with E-state index in [1.54, 1.807) is 0 Å². The standard InChI is InChI=1S/C15H23N3O/c1-5-8-16-10(2)15(19)12-6-7-14-13(9-12)17-11(3)18(14)4/h6-7,9-10,15-16,19H,5,8H2,1-4H3. The number of hydrogen-bond acceptors (Lipinski definition) is 3. The smallest absolute Gasteiger partial charge is 0.106 e. The Hall–Kier alpha value is -1.39. The van der Waals surface area contributed by atoms with Crippen molar-refractivity contribution in [1.29, 1.82) is 0 Å². The Morgan fingerprint density at radius 3 is 2.84 bits per heavy atom. The monoisotopic (exact) mass is 261 g/mol. The maximum Gasteiger partial charge on any atom is 0.106 e. The summed E-state index contributed by atoms with van der Waals surface area (Å²) in [5.74, 6) is 0.985. The fraction of sp³-hybridized carbons (Fsp3) is 0.533. The van der Waals surface area contributed by atoms with Gasteiger partial charge >= 0.3 is 0 Å². The van der Waals surface area contributed by atoms with E-state index in [-0.39, 0.29) is 6.04 Å². The first-order valence-electron chi connectivity index (χ1n) is 6.89. The second-order valence-electron chi connectivity index (χ2n) is 5.15. The van der Waals surface area contributed by atoms with Crippen molar-refractivity contribution in [3.8, 4) is 0 Å². The van der Waals surface area contributed by atoms with Gasteiger partial charge in [-0.2, -0.15) is 0 Å². The van der Waals surface area contributed by atoms with Gasteiger partial charge in [-0.15, -0.1) is 0 Å². The predicted molar refractivity (Wildman–Crippen MR) is 78.2 cm³/mol. The molecule has 2 unspecified atom stereocenters. The summed E-state index contributed by atoms with van der Waals surface area (Å²) in [5.41, 5.74) is 2.96. The minimum Gasteiger partial charge on any atom is -0.387 e. The molecule has 2 rings (SSSR count). The molecule has 0 fully saturated rings. The summed E-state index contributed by atoms with van der Waals surface area (Å²) in [6, 6.07) is 6.04. The van der Waals surface area contributed by atoms with Crippen LogP contribution >= 0.6 is 0 Å². The third-order valence-electron chi connectivity index (χ3n) is 3.66. The second kappa shape index (κ2) is 5.72. The van der Waals surface area contributed by atoms with E-state index >= 15 is 0 Å². The Kier molecular flexibility index (Phi) is 4.22. The van der Waals surface area contributed by atoms with Crippen LogP contribution in [0.1, 0.15) is 37.8 Å². The van der Waals surface area contributed by atoms with Gasteiger partial charge in [-0.1, -0.05) is 13.0 Å². The number of aromatic nitrogens is 2. The van der Waals surface area contributed by atoms with Gasteiger partial charge < -0.3 is 15.0 Å². The van der Waals surface area contributed by atoms with E-state index in [9.17, 15) is 5.11 Å². The zero-order valence-electron chi connectivity index (χ0n) is 12.1. The van der Waals surface area contributed by atoms with Crippen LogP contribution < -0.4 is 5.32 Å². The van der Waals surface area contributed by atoms with E-state index in [0.29, 0.717) is 0 Å². The van der Waals surface area contributed by atoms with Gasteiger partial charge in [0, 0.05) is 13.1 Å². The number of aliphatic hydroxyl groups is 1. The molecule has 1 heterocycles. The van der Waals surface area contributed by atoms with Crippen molar-refractivity contribution >= 4 is 11.0 Å². The van der Waals surface area contributed by atoms with E-state index in [4.69, 9.17) is 0 Å². The van der Waals surface area contributed by atoms with Crippen molar-refractivity contribution < 1.29 is 5.11 Å². The molecule has 4 nitrogen and oxygen atoms in total. The molecule has 0 radical (unpaired) electrons. The molecule has 0 saturated carbocycles. The minimum absolute atomic E-state index is 0.0437. The first kappa shape index (κ1) is 14.0. The Bertz CT molecular complexity index is 562. The van der Waals surface area contributed by atoms with Gasteiger partial charge in [-0.25, -0.2) is 4.98 Å². The van der Waals surface area contributed by atoms with Crippen molar-refractivity contribution in [3.63, 3.8) is 0 Å². The average Bonchev–Trinajstić information content (AvgIpc) is 2.70. The van der Waals surface area contributed by atoms with Crippen molar-refractivity contribution in [2.45, 2.75) is 39.3 Å². The third-order valence-corrected chi connectivity index (χ3v) is 3.66. The van der Waals surface area contributed by atoms with Crippen LogP contribution in [0.25, 0.3) is 11.0 Å². The molecule has 104 valence electrons. The summed E-state index contributed by atoms with van der Waals surface area (Å²) in [7, 11) is 2.01. The van der Waals surface area contributed by atoms with Gasteiger partial charge in [0.1, 0.15) is 5.82 Å². The topological polar surface area (TPSA) is 50.1 Å². The fourth-order valence-electron chi connectivity index (χ4n) is 2.29. The Labute approximate surface area is 114 Å². The molecular weight excluding hydrogens is 238 g/mol. The van der Waals surface area contributed by atoms with E-state index in [1.807, 2.05) is 39.1 Å². The molecule has 0 bridgehead atoms. The maximum atomic E-state index is 10.4. The number of nitrogens with one attached hydrogen (secondary N) is 1. The molecule has 1 aromatic carbocycles. The zero-order chi connectivity index (χ0) is 14.0. The van der Waals surface area contributed by atoms with Crippen LogP contribution in [0.2, 0.25) is 0 Å². The van der Waals surface area contributed by atoms with Crippen LogP contribution in [0, 0.1) is 6.92 Å². The highest BCUT2D eigenvalue weighted by Gasteiger charge is 2.16.